The molecule has 4 unspecified atom stereocenters. The largest absolute Gasteiger partial charge is 0.490 e. The van der Waals surface area contributed by atoms with Crippen LogP contribution in [0.25, 0.3) is 0 Å². The van der Waals surface area contributed by atoms with Crippen molar-refractivity contribution in [2.75, 3.05) is 24.5 Å². The number of hydrogen-bond donors (Lipinski definition) is 4. The third-order valence-corrected chi connectivity index (χ3v) is 9.04. The first-order valence-electron chi connectivity index (χ1n) is 12.7. The third-order valence-electron chi connectivity index (χ3n) is 7.68. The highest BCUT2D eigenvalue weighted by molar-refractivity contribution is 8.04. The van der Waals surface area contributed by atoms with Crippen LogP contribution in [0.2, 0.25) is 0 Å². The molecule has 0 radical (unpaired) electrons. The Bertz CT molecular complexity index is 989. The first kappa shape index (κ1) is 22.2. The Morgan fingerprint density at radius 1 is 1.12 bits per heavy atom. The van der Waals surface area contributed by atoms with Crippen LogP contribution in [0.5, 0.6) is 5.75 Å². The Balaban J connectivity index is 1.24. The highest BCUT2D eigenvalue weighted by Crippen LogP contribution is 2.48. The van der Waals surface area contributed by atoms with Gasteiger partial charge in [-0.15, -0.1) is 0 Å². The van der Waals surface area contributed by atoms with Crippen LogP contribution < -0.4 is 30.9 Å². The van der Waals surface area contributed by atoms with Crippen molar-refractivity contribution < 1.29 is 14.3 Å². The molecule has 0 bridgehead atoms. The topological polar surface area (TPSA) is 94.7 Å². The van der Waals surface area contributed by atoms with Crippen LogP contribution >= 0.6 is 11.8 Å². The van der Waals surface area contributed by atoms with Gasteiger partial charge in [0, 0.05) is 36.0 Å². The lowest BCUT2D eigenvalue weighted by Crippen LogP contribution is -2.62. The second kappa shape index (κ2) is 9.43. The number of nitrogens with one attached hydrogen (secondary N) is 4. The van der Waals surface area contributed by atoms with Crippen molar-refractivity contribution in [2.24, 2.45) is 5.92 Å². The number of carbonyl (C=O) groups excluding carboxylic acids is 2. The first-order chi connectivity index (χ1) is 16.7. The molecular weight excluding hydrogens is 450 g/mol. The Hall–Kier alpha value is -2.23. The number of amides is 3. The molecule has 3 saturated heterocycles. The van der Waals surface area contributed by atoms with E-state index in [4.69, 9.17) is 4.74 Å². The maximum Gasteiger partial charge on any atom is 0.326 e. The zero-order valence-corrected chi connectivity index (χ0v) is 20.2. The molecule has 9 heteroatoms. The summed E-state index contributed by atoms with van der Waals surface area (Å²) in [6.07, 6.45) is 7.80. The standard InChI is InChI=1S/C25H33N5O3S/c31-23(28-15-5-4-11-26-14-15)22-21-20-19(10-12-27-24(20)34-22)30(25(32)29-21)16-6-3-9-18(13-16)33-17-7-1-2-8-17/h3,6,9,13,15,17,19-20,24,26-27H,1-2,4-5,7-8,10-12,14H2,(H,28,31)(H,29,32). The van der Waals surface area contributed by atoms with Gasteiger partial charge in [-0.2, -0.15) is 0 Å². The number of nitrogens with zero attached hydrogens (tertiary/aromatic N) is 1. The summed E-state index contributed by atoms with van der Waals surface area (Å²) >= 11 is 1.56. The van der Waals surface area contributed by atoms with Gasteiger partial charge in [0.05, 0.1) is 22.4 Å². The summed E-state index contributed by atoms with van der Waals surface area (Å²) in [7, 11) is 0. The first-order valence-corrected chi connectivity index (χ1v) is 13.6. The number of hydrogen-bond acceptors (Lipinski definition) is 6. The average molecular weight is 484 g/mol. The normalized spacial score (nSPS) is 31.3. The van der Waals surface area contributed by atoms with Gasteiger partial charge in [0.15, 0.2) is 0 Å². The van der Waals surface area contributed by atoms with Crippen LogP contribution in [0.1, 0.15) is 44.9 Å². The summed E-state index contributed by atoms with van der Waals surface area (Å²) in [5.41, 5.74) is 1.64. The molecule has 1 saturated carbocycles. The molecule has 8 nitrogen and oxygen atoms in total. The van der Waals surface area contributed by atoms with Gasteiger partial charge in [0.25, 0.3) is 5.91 Å². The maximum atomic E-state index is 13.4. The highest BCUT2D eigenvalue weighted by atomic mass is 32.2. The minimum absolute atomic E-state index is 0.00544. The van der Waals surface area contributed by atoms with Crippen molar-refractivity contribution in [1.29, 1.82) is 0 Å². The van der Waals surface area contributed by atoms with Crippen molar-refractivity contribution in [3.8, 4) is 5.75 Å². The number of rotatable bonds is 5. The third kappa shape index (κ3) is 4.18. The van der Waals surface area contributed by atoms with Gasteiger partial charge >= 0.3 is 6.03 Å². The second-order valence-electron chi connectivity index (χ2n) is 9.96. The van der Waals surface area contributed by atoms with Gasteiger partial charge in [-0.25, -0.2) is 4.79 Å². The van der Waals surface area contributed by atoms with Crippen LogP contribution in [0.15, 0.2) is 34.9 Å². The predicted octanol–water partition coefficient (Wildman–Crippen LogP) is 2.67. The summed E-state index contributed by atoms with van der Waals surface area (Å²) in [5, 5.41) is 13.3. The molecule has 6 rings (SSSR count). The summed E-state index contributed by atoms with van der Waals surface area (Å²) in [4.78, 5) is 29.2. The van der Waals surface area contributed by atoms with Gasteiger partial charge in [0.1, 0.15) is 5.75 Å². The van der Waals surface area contributed by atoms with E-state index in [0.717, 1.165) is 68.9 Å². The highest BCUT2D eigenvalue weighted by Gasteiger charge is 2.51. The van der Waals surface area contributed by atoms with Crippen molar-refractivity contribution in [3.05, 3.63) is 34.9 Å². The molecule has 4 aliphatic heterocycles. The molecule has 5 aliphatic rings. The number of benzene rings is 1. The van der Waals surface area contributed by atoms with E-state index in [9.17, 15) is 9.59 Å². The number of piperidine rings is 2. The van der Waals surface area contributed by atoms with E-state index in [1.54, 1.807) is 11.8 Å². The SMILES string of the molecule is O=C(NC1CCCNC1)C1=C2NC(=O)N(c3cccc(OC4CCCC4)c3)C3CCNC(S1)C23. The van der Waals surface area contributed by atoms with Gasteiger partial charge in [-0.05, 0) is 70.2 Å². The second-order valence-corrected chi connectivity index (χ2v) is 11.1. The van der Waals surface area contributed by atoms with E-state index in [1.165, 1.54) is 12.8 Å². The zero-order valence-electron chi connectivity index (χ0n) is 19.3. The summed E-state index contributed by atoms with van der Waals surface area (Å²) in [6.45, 7) is 2.62. The van der Waals surface area contributed by atoms with E-state index in [0.29, 0.717) is 4.91 Å². The number of ether oxygens (including phenoxy) is 1. The van der Waals surface area contributed by atoms with Crippen LogP contribution in [0.4, 0.5) is 10.5 Å². The van der Waals surface area contributed by atoms with Crippen molar-refractivity contribution in [1.82, 2.24) is 21.3 Å². The number of anilines is 1. The molecule has 1 aromatic carbocycles. The molecule has 0 aromatic heterocycles. The van der Waals surface area contributed by atoms with Crippen LogP contribution in [-0.4, -0.2) is 55.1 Å². The Morgan fingerprint density at radius 2 is 2.00 bits per heavy atom. The number of thioether (sulfide) groups is 1. The van der Waals surface area contributed by atoms with Crippen molar-refractivity contribution >= 4 is 29.4 Å². The monoisotopic (exact) mass is 483 g/mol. The van der Waals surface area contributed by atoms with Gasteiger partial charge in [0.2, 0.25) is 0 Å². The summed E-state index contributed by atoms with van der Waals surface area (Å²) < 4.78 is 6.21. The van der Waals surface area contributed by atoms with Crippen LogP contribution in [0, 0.1) is 5.92 Å². The lowest BCUT2D eigenvalue weighted by atomic mass is 9.86. The molecule has 4 N–H and O–H groups in total. The summed E-state index contributed by atoms with van der Waals surface area (Å²) in [6, 6.07) is 7.91. The average Bonchev–Trinajstić information content (AvgIpc) is 3.49. The van der Waals surface area contributed by atoms with Crippen LogP contribution in [0.3, 0.4) is 0 Å². The minimum atomic E-state index is -0.165. The van der Waals surface area contributed by atoms with Gasteiger partial charge in [-0.3, -0.25) is 9.69 Å². The predicted molar refractivity (Wildman–Crippen MR) is 133 cm³/mol. The summed E-state index contributed by atoms with van der Waals surface area (Å²) in [5.74, 6) is 0.816. The van der Waals surface area contributed by atoms with E-state index < -0.39 is 0 Å². The molecule has 4 fully saturated rings. The van der Waals surface area contributed by atoms with E-state index >= 15 is 0 Å². The molecule has 1 aliphatic carbocycles. The smallest absolute Gasteiger partial charge is 0.326 e. The fourth-order valence-corrected chi connectivity index (χ4v) is 7.45. The van der Waals surface area contributed by atoms with Crippen molar-refractivity contribution in [2.45, 2.75) is 68.5 Å². The van der Waals surface area contributed by atoms with Crippen molar-refractivity contribution in [3.63, 3.8) is 0 Å². The number of carbonyl (C=O) groups is 2. The van der Waals surface area contributed by atoms with E-state index in [2.05, 4.69) is 21.3 Å². The Kier molecular flexibility index (Phi) is 6.17. The fraction of sp³-hybridized carbons (Fsp3) is 0.600. The molecule has 182 valence electrons. The quantitative estimate of drug-likeness (QED) is 0.515. The number of urea groups is 1. The van der Waals surface area contributed by atoms with Crippen LogP contribution in [-0.2, 0) is 4.79 Å². The lowest BCUT2D eigenvalue weighted by molar-refractivity contribution is -0.117. The van der Waals surface area contributed by atoms with E-state index in [1.807, 2.05) is 29.2 Å². The fourth-order valence-electron chi connectivity index (χ4n) is 6.05. The minimum Gasteiger partial charge on any atom is -0.490 e. The maximum absolute atomic E-state index is 13.4. The molecule has 0 spiro atoms. The Morgan fingerprint density at radius 3 is 2.82 bits per heavy atom. The molecular formula is C25H33N5O3S. The Labute approximate surface area is 204 Å². The molecule has 1 aromatic rings. The molecule has 4 atom stereocenters. The van der Waals surface area contributed by atoms with Gasteiger partial charge in [-0.1, -0.05) is 17.8 Å². The van der Waals surface area contributed by atoms with Gasteiger partial charge < -0.3 is 26.0 Å². The lowest BCUT2D eigenvalue weighted by Gasteiger charge is -2.45. The molecule has 34 heavy (non-hydrogen) atoms. The zero-order chi connectivity index (χ0) is 23.1. The van der Waals surface area contributed by atoms with E-state index in [-0.39, 0.29) is 41.4 Å². The molecule has 4 heterocycles. The molecule has 3 amide bonds.